The van der Waals surface area contributed by atoms with Crippen LogP contribution in [0.4, 0.5) is 4.39 Å². The van der Waals surface area contributed by atoms with E-state index in [1.807, 2.05) is 6.92 Å². The van der Waals surface area contributed by atoms with Gasteiger partial charge in [0.05, 0.1) is 4.90 Å². The van der Waals surface area contributed by atoms with E-state index in [0.29, 0.717) is 6.42 Å². The molecule has 0 saturated carbocycles. The number of aryl methyl sites for hydroxylation is 1. The maximum Gasteiger partial charge on any atom is 0.263 e. The molecule has 1 amide bonds. The molecule has 0 unspecified atom stereocenters. The van der Waals surface area contributed by atoms with E-state index in [1.54, 1.807) is 48.2 Å². The third-order valence-electron chi connectivity index (χ3n) is 4.96. The SMILES string of the molecule is CC[C@@H](Oc1ccccc1F)C(=O)N1CCN(S(=O)(=O)c2ccc(C)cc2)CC1. The van der Waals surface area contributed by atoms with Gasteiger partial charge in [-0.2, -0.15) is 4.31 Å². The topological polar surface area (TPSA) is 66.9 Å². The number of halogens is 1. The summed E-state index contributed by atoms with van der Waals surface area (Å²) in [6.45, 7) is 4.63. The Kier molecular flexibility index (Phi) is 6.54. The number of hydrogen-bond donors (Lipinski definition) is 0. The second-order valence-electron chi connectivity index (χ2n) is 6.99. The maximum absolute atomic E-state index is 13.8. The van der Waals surface area contributed by atoms with Crippen LogP contribution in [0.5, 0.6) is 5.75 Å². The minimum atomic E-state index is -3.59. The van der Waals surface area contributed by atoms with Gasteiger partial charge in [-0.05, 0) is 37.6 Å². The highest BCUT2D eigenvalue weighted by Gasteiger charge is 2.33. The van der Waals surface area contributed by atoms with E-state index in [-0.39, 0.29) is 42.7 Å². The van der Waals surface area contributed by atoms with Crippen molar-refractivity contribution in [2.24, 2.45) is 0 Å². The summed E-state index contributed by atoms with van der Waals surface area (Å²) in [5.74, 6) is -0.746. The molecule has 0 radical (unpaired) electrons. The van der Waals surface area contributed by atoms with Crippen LogP contribution in [0.15, 0.2) is 53.4 Å². The van der Waals surface area contributed by atoms with E-state index in [0.717, 1.165) is 5.56 Å². The maximum atomic E-state index is 13.8. The minimum absolute atomic E-state index is 0.0354. The van der Waals surface area contributed by atoms with Gasteiger partial charge in [0.2, 0.25) is 10.0 Å². The second kappa shape index (κ2) is 8.92. The summed E-state index contributed by atoms with van der Waals surface area (Å²) in [7, 11) is -3.59. The highest BCUT2D eigenvalue weighted by atomic mass is 32.2. The lowest BCUT2D eigenvalue weighted by Gasteiger charge is -2.35. The quantitative estimate of drug-likeness (QED) is 0.721. The zero-order valence-electron chi connectivity index (χ0n) is 16.5. The third-order valence-corrected chi connectivity index (χ3v) is 6.87. The van der Waals surface area contributed by atoms with Gasteiger partial charge in [-0.1, -0.05) is 36.8 Å². The molecule has 1 aliphatic rings. The molecule has 0 bridgehead atoms. The van der Waals surface area contributed by atoms with Crippen molar-refractivity contribution in [3.8, 4) is 5.75 Å². The van der Waals surface area contributed by atoms with E-state index in [4.69, 9.17) is 4.74 Å². The van der Waals surface area contributed by atoms with Crippen LogP contribution >= 0.6 is 0 Å². The number of sulfonamides is 1. The molecule has 8 heteroatoms. The first kappa shape index (κ1) is 21.3. The van der Waals surface area contributed by atoms with Gasteiger partial charge in [-0.15, -0.1) is 0 Å². The van der Waals surface area contributed by atoms with E-state index in [9.17, 15) is 17.6 Å². The summed E-state index contributed by atoms with van der Waals surface area (Å²) >= 11 is 0. The van der Waals surface area contributed by atoms with E-state index in [1.165, 1.54) is 16.4 Å². The Balaban J connectivity index is 1.64. The van der Waals surface area contributed by atoms with Gasteiger partial charge in [0.15, 0.2) is 17.7 Å². The number of amides is 1. The monoisotopic (exact) mass is 420 g/mol. The van der Waals surface area contributed by atoms with Crippen molar-refractivity contribution in [3.63, 3.8) is 0 Å². The fraction of sp³-hybridized carbons (Fsp3) is 0.381. The summed E-state index contributed by atoms with van der Waals surface area (Å²) in [5.41, 5.74) is 0.986. The Morgan fingerprint density at radius 1 is 1.07 bits per heavy atom. The molecule has 1 fully saturated rings. The van der Waals surface area contributed by atoms with Gasteiger partial charge in [-0.3, -0.25) is 4.79 Å². The first-order chi connectivity index (χ1) is 13.8. The Hall–Kier alpha value is -2.45. The number of nitrogens with zero attached hydrogens (tertiary/aromatic N) is 2. The molecule has 6 nitrogen and oxygen atoms in total. The number of piperazine rings is 1. The standard InChI is InChI=1S/C21H25FN2O4S/c1-3-19(28-20-7-5-4-6-18(20)22)21(25)23-12-14-24(15-13-23)29(26,27)17-10-8-16(2)9-11-17/h4-11,19H,3,12-15H2,1-2H3/t19-/m1/s1. The molecule has 0 aromatic heterocycles. The number of ether oxygens (including phenoxy) is 1. The molecule has 0 spiro atoms. The van der Waals surface area contributed by atoms with E-state index in [2.05, 4.69) is 0 Å². The van der Waals surface area contributed by atoms with Crippen molar-refractivity contribution in [3.05, 3.63) is 59.9 Å². The molecule has 0 aliphatic carbocycles. The molecule has 1 heterocycles. The molecular weight excluding hydrogens is 395 g/mol. The zero-order valence-corrected chi connectivity index (χ0v) is 17.4. The smallest absolute Gasteiger partial charge is 0.263 e. The zero-order chi connectivity index (χ0) is 21.0. The first-order valence-electron chi connectivity index (χ1n) is 9.59. The van der Waals surface area contributed by atoms with Gasteiger partial charge < -0.3 is 9.64 Å². The van der Waals surface area contributed by atoms with E-state index < -0.39 is 21.9 Å². The predicted molar refractivity (Wildman–Crippen MR) is 108 cm³/mol. The normalized spacial score (nSPS) is 16.4. The summed E-state index contributed by atoms with van der Waals surface area (Å²) in [6, 6.07) is 12.7. The average Bonchev–Trinajstić information content (AvgIpc) is 2.73. The van der Waals surface area contributed by atoms with Crippen molar-refractivity contribution in [1.29, 1.82) is 0 Å². The Labute approximate surface area is 170 Å². The van der Waals surface area contributed by atoms with Gasteiger partial charge in [0.1, 0.15) is 0 Å². The molecule has 156 valence electrons. The van der Waals surface area contributed by atoms with Crippen molar-refractivity contribution in [2.45, 2.75) is 31.3 Å². The van der Waals surface area contributed by atoms with Crippen molar-refractivity contribution < 1.29 is 22.3 Å². The number of para-hydroxylation sites is 1. The average molecular weight is 421 g/mol. The predicted octanol–water partition coefficient (Wildman–Crippen LogP) is 2.82. The van der Waals surface area contributed by atoms with Crippen LogP contribution in [0.1, 0.15) is 18.9 Å². The summed E-state index contributed by atoms with van der Waals surface area (Å²) in [4.78, 5) is 14.6. The van der Waals surface area contributed by atoms with Crippen molar-refractivity contribution >= 4 is 15.9 Å². The molecule has 1 aliphatic heterocycles. The van der Waals surface area contributed by atoms with Gasteiger partial charge in [0, 0.05) is 26.2 Å². The van der Waals surface area contributed by atoms with Crippen LogP contribution < -0.4 is 4.74 Å². The second-order valence-corrected chi connectivity index (χ2v) is 8.93. The molecule has 2 aromatic carbocycles. The Morgan fingerprint density at radius 3 is 2.28 bits per heavy atom. The fourth-order valence-electron chi connectivity index (χ4n) is 3.21. The summed E-state index contributed by atoms with van der Waals surface area (Å²) < 4.78 is 46.4. The first-order valence-corrected chi connectivity index (χ1v) is 11.0. The Morgan fingerprint density at radius 2 is 1.69 bits per heavy atom. The van der Waals surface area contributed by atoms with Crippen LogP contribution in [0.2, 0.25) is 0 Å². The number of carbonyl (C=O) groups is 1. The van der Waals surface area contributed by atoms with Crippen LogP contribution in [-0.2, 0) is 14.8 Å². The van der Waals surface area contributed by atoms with Crippen LogP contribution in [0.3, 0.4) is 0 Å². The molecule has 3 rings (SSSR count). The lowest BCUT2D eigenvalue weighted by molar-refractivity contribution is -0.140. The number of hydrogen-bond acceptors (Lipinski definition) is 4. The van der Waals surface area contributed by atoms with Crippen molar-refractivity contribution in [1.82, 2.24) is 9.21 Å². The largest absolute Gasteiger partial charge is 0.478 e. The lowest BCUT2D eigenvalue weighted by Crippen LogP contribution is -2.53. The minimum Gasteiger partial charge on any atom is -0.478 e. The highest BCUT2D eigenvalue weighted by Crippen LogP contribution is 2.21. The Bertz CT molecular complexity index is 955. The van der Waals surface area contributed by atoms with Gasteiger partial charge in [-0.25, -0.2) is 12.8 Å². The number of rotatable bonds is 6. The summed E-state index contributed by atoms with van der Waals surface area (Å²) in [6.07, 6.45) is -0.429. The van der Waals surface area contributed by atoms with Gasteiger partial charge in [0.25, 0.3) is 5.91 Å². The molecule has 29 heavy (non-hydrogen) atoms. The fourth-order valence-corrected chi connectivity index (χ4v) is 4.64. The van der Waals surface area contributed by atoms with Crippen LogP contribution in [0, 0.1) is 12.7 Å². The van der Waals surface area contributed by atoms with Crippen LogP contribution in [0.25, 0.3) is 0 Å². The molecule has 0 N–H and O–H groups in total. The molecular formula is C21H25FN2O4S. The molecule has 1 saturated heterocycles. The molecule has 2 aromatic rings. The van der Waals surface area contributed by atoms with Crippen molar-refractivity contribution in [2.75, 3.05) is 26.2 Å². The third kappa shape index (κ3) is 4.76. The summed E-state index contributed by atoms with van der Waals surface area (Å²) in [5, 5.41) is 0. The van der Waals surface area contributed by atoms with E-state index >= 15 is 0 Å². The lowest BCUT2D eigenvalue weighted by atomic mass is 10.2. The highest BCUT2D eigenvalue weighted by molar-refractivity contribution is 7.89. The van der Waals surface area contributed by atoms with Gasteiger partial charge >= 0.3 is 0 Å². The number of benzene rings is 2. The number of carbonyl (C=O) groups excluding carboxylic acids is 1. The molecule has 1 atom stereocenters. The van der Waals surface area contributed by atoms with Crippen LogP contribution in [-0.4, -0.2) is 55.8 Å².